The van der Waals surface area contributed by atoms with Crippen LogP contribution in [0.5, 0.6) is 11.5 Å². The van der Waals surface area contributed by atoms with Gasteiger partial charge in [0.1, 0.15) is 0 Å². The van der Waals surface area contributed by atoms with Crippen LogP contribution in [-0.4, -0.2) is 35.2 Å². The fraction of sp³-hybridized carbons (Fsp3) is 0.611. The Hall–Kier alpha value is -1.19. The predicted octanol–water partition coefficient (Wildman–Crippen LogP) is 7.82. The van der Waals surface area contributed by atoms with Gasteiger partial charge >= 0.3 is 16.8 Å². The first kappa shape index (κ1) is 34.1. The molecule has 0 unspecified atom stereocenters. The molecule has 239 valence electrons. The van der Waals surface area contributed by atoms with Crippen molar-refractivity contribution in [2.24, 2.45) is 45.5 Å². The van der Waals surface area contributed by atoms with Crippen molar-refractivity contribution in [3.05, 3.63) is 56.5 Å². The van der Waals surface area contributed by atoms with Gasteiger partial charge < -0.3 is 15.3 Å². The topological polar surface area (TPSA) is 91.1 Å². The molecular formula is C36H44Br2CoN2O3. The molecule has 1 radical (unpaired) electrons. The molecule has 44 heavy (non-hydrogen) atoms. The Morgan fingerprint density at radius 2 is 0.932 bits per heavy atom. The summed E-state index contributed by atoms with van der Waals surface area (Å²) in [6, 6.07) is 10.6. The Balaban J connectivity index is 0.000000157. The zero-order valence-electron chi connectivity index (χ0n) is 25.5. The molecule has 2 aromatic rings. The van der Waals surface area contributed by atoms with Gasteiger partial charge in [0, 0.05) is 28.0 Å². The summed E-state index contributed by atoms with van der Waals surface area (Å²) in [4.78, 5) is 9.88. The summed E-state index contributed by atoms with van der Waals surface area (Å²) in [7, 11) is 0. The molecule has 0 aromatic heterocycles. The number of hydrogen-bond donors (Lipinski definition) is 1. The summed E-state index contributed by atoms with van der Waals surface area (Å²) in [5.74, 6) is 5.52. The maximum absolute atomic E-state index is 11.9. The first-order valence-corrected chi connectivity index (χ1v) is 17.9. The van der Waals surface area contributed by atoms with Gasteiger partial charge in [-0.2, -0.15) is 0 Å². The van der Waals surface area contributed by atoms with Gasteiger partial charge in [-0.05, 0) is 155 Å². The fourth-order valence-corrected chi connectivity index (χ4v) is 10.9. The number of benzene rings is 2. The van der Waals surface area contributed by atoms with Crippen molar-refractivity contribution in [1.29, 1.82) is 0 Å². The number of aliphatic hydroxyl groups excluding tert-OH is 1. The summed E-state index contributed by atoms with van der Waals surface area (Å²) in [6.45, 7) is 1.93. The number of aliphatic hydroxyl groups is 1. The molecule has 0 aliphatic heterocycles. The molecule has 8 saturated carbocycles. The third-order valence-electron chi connectivity index (χ3n) is 10.9. The zero-order chi connectivity index (χ0) is 30.2. The Kier molecular flexibility index (Phi) is 11.1. The SMILES string of the molecule is CCO.[Co+2].[O-]c1ccc(Br)cc1C=NC12CC3CC(CC(C3)C1)C2.[O-]c1ccc(Br)cc1C=NC12CC3CC(CC(C3)C1)C2. The molecule has 0 spiro atoms. The van der Waals surface area contributed by atoms with Crippen LogP contribution in [0.1, 0.15) is 95.1 Å². The van der Waals surface area contributed by atoms with E-state index in [0.717, 1.165) is 55.6 Å². The van der Waals surface area contributed by atoms with Crippen molar-refractivity contribution < 1.29 is 32.1 Å². The van der Waals surface area contributed by atoms with Crippen molar-refractivity contribution in [3.8, 4) is 11.5 Å². The summed E-state index contributed by atoms with van der Waals surface area (Å²) in [5.41, 5.74) is 1.75. The smallest absolute Gasteiger partial charge is 0.872 e. The molecular weight excluding hydrogens is 727 g/mol. The van der Waals surface area contributed by atoms with Crippen LogP contribution in [0.3, 0.4) is 0 Å². The molecule has 8 fully saturated rings. The Labute approximate surface area is 289 Å². The van der Waals surface area contributed by atoms with E-state index in [2.05, 4.69) is 31.9 Å². The summed E-state index contributed by atoms with van der Waals surface area (Å²) >= 11 is 6.86. The third-order valence-corrected chi connectivity index (χ3v) is 11.9. The van der Waals surface area contributed by atoms with Gasteiger partial charge in [-0.25, -0.2) is 0 Å². The van der Waals surface area contributed by atoms with Gasteiger partial charge in [0.05, 0.1) is 11.1 Å². The van der Waals surface area contributed by atoms with Crippen molar-refractivity contribution >= 4 is 44.3 Å². The molecule has 8 aliphatic carbocycles. The minimum Gasteiger partial charge on any atom is -0.872 e. The van der Waals surface area contributed by atoms with Crippen LogP contribution in [-0.2, 0) is 16.8 Å². The predicted molar refractivity (Wildman–Crippen MR) is 177 cm³/mol. The van der Waals surface area contributed by atoms with E-state index in [-0.39, 0.29) is 46.0 Å². The van der Waals surface area contributed by atoms with Gasteiger partial charge in [0.25, 0.3) is 0 Å². The van der Waals surface area contributed by atoms with Gasteiger partial charge in [0.2, 0.25) is 0 Å². The largest absolute Gasteiger partial charge is 2.00 e. The van der Waals surface area contributed by atoms with E-state index in [4.69, 9.17) is 15.1 Å². The van der Waals surface area contributed by atoms with Crippen molar-refractivity contribution in [2.45, 2.75) is 95.1 Å². The van der Waals surface area contributed by atoms with E-state index in [1.807, 2.05) is 24.6 Å². The van der Waals surface area contributed by atoms with Crippen LogP contribution in [0, 0.1) is 35.5 Å². The standard InChI is InChI=1S/2C17H20BrNO.C2H6O.Co/c2*18-15-1-2-16(20)14(6-15)10-19-17-7-11-3-12(8-17)5-13(4-11)9-17;1-2-3;/h2*1-2,6,10-13,20H,3-5,7-9H2;3H,2H2,1H3;/q;;;+2/p-2. The summed E-state index contributed by atoms with van der Waals surface area (Å²) in [5, 5.41) is 31.3. The van der Waals surface area contributed by atoms with Gasteiger partial charge in [-0.15, -0.1) is 0 Å². The molecule has 2 aromatic carbocycles. The average Bonchev–Trinajstić information content (AvgIpc) is 2.93. The van der Waals surface area contributed by atoms with Crippen LogP contribution in [0.25, 0.3) is 0 Å². The molecule has 0 amide bonds. The molecule has 0 atom stereocenters. The van der Waals surface area contributed by atoms with Crippen LogP contribution >= 0.6 is 31.9 Å². The molecule has 8 heteroatoms. The second-order valence-corrected chi connectivity index (χ2v) is 16.3. The number of aliphatic imine (C=N–C) groups is 2. The van der Waals surface area contributed by atoms with Crippen molar-refractivity contribution in [2.75, 3.05) is 6.61 Å². The molecule has 8 aliphatic rings. The normalized spacial score (nSPS) is 35.6. The van der Waals surface area contributed by atoms with E-state index >= 15 is 0 Å². The average molecular weight is 771 g/mol. The first-order valence-electron chi connectivity index (χ1n) is 16.3. The maximum Gasteiger partial charge on any atom is 2.00 e. The van der Waals surface area contributed by atoms with Crippen LogP contribution in [0.4, 0.5) is 0 Å². The molecule has 10 rings (SSSR count). The van der Waals surface area contributed by atoms with Gasteiger partial charge in [0.15, 0.2) is 0 Å². The van der Waals surface area contributed by atoms with Crippen LogP contribution in [0.2, 0.25) is 0 Å². The van der Waals surface area contributed by atoms with E-state index in [1.54, 1.807) is 31.2 Å². The van der Waals surface area contributed by atoms with E-state index in [9.17, 15) is 10.2 Å². The maximum atomic E-state index is 11.9. The number of rotatable bonds is 4. The molecule has 0 heterocycles. The zero-order valence-corrected chi connectivity index (χ0v) is 29.7. The molecule has 1 N–H and O–H groups in total. The molecule has 8 bridgehead atoms. The Morgan fingerprint density at radius 1 is 0.659 bits per heavy atom. The second-order valence-electron chi connectivity index (χ2n) is 14.5. The van der Waals surface area contributed by atoms with Gasteiger partial charge in [-0.1, -0.05) is 55.5 Å². The van der Waals surface area contributed by atoms with Gasteiger partial charge in [-0.3, -0.25) is 9.98 Å². The van der Waals surface area contributed by atoms with Crippen LogP contribution in [0.15, 0.2) is 55.3 Å². The Morgan fingerprint density at radius 3 is 1.20 bits per heavy atom. The van der Waals surface area contributed by atoms with E-state index in [0.29, 0.717) is 0 Å². The van der Waals surface area contributed by atoms with Crippen LogP contribution < -0.4 is 10.2 Å². The first-order chi connectivity index (χ1) is 20.6. The number of nitrogens with zero attached hydrogens (tertiary/aromatic N) is 2. The minimum atomic E-state index is 0. The Bertz CT molecular complexity index is 1190. The molecule has 0 saturated heterocycles. The van der Waals surface area contributed by atoms with E-state index < -0.39 is 0 Å². The molecule has 5 nitrogen and oxygen atoms in total. The monoisotopic (exact) mass is 769 g/mol. The van der Waals surface area contributed by atoms with Crippen molar-refractivity contribution in [3.63, 3.8) is 0 Å². The number of hydrogen-bond acceptors (Lipinski definition) is 5. The minimum absolute atomic E-state index is 0. The summed E-state index contributed by atoms with van der Waals surface area (Å²) in [6.07, 6.45) is 19.8. The quantitative estimate of drug-likeness (QED) is 0.322. The van der Waals surface area contributed by atoms with E-state index in [1.165, 1.54) is 77.0 Å². The fourth-order valence-electron chi connectivity index (χ4n) is 10.1. The van der Waals surface area contributed by atoms with Crippen molar-refractivity contribution in [1.82, 2.24) is 0 Å². The third kappa shape index (κ3) is 7.84. The summed E-state index contributed by atoms with van der Waals surface area (Å²) < 4.78 is 1.90. The second kappa shape index (κ2) is 14.3. The number of halogens is 2.